The van der Waals surface area contributed by atoms with Crippen LogP contribution in [-0.4, -0.2) is 68.9 Å². The van der Waals surface area contributed by atoms with Gasteiger partial charge >= 0.3 is 17.9 Å². The molecule has 1 fully saturated rings. The van der Waals surface area contributed by atoms with Crippen LogP contribution in [0.1, 0.15) is 0 Å². The number of aliphatic hydroxyl groups excluding tert-OH is 3. The lowest BCUT2D eigenvalue weighted by Crippen LogP contribution is -2.45. The van der Waals surface area contributed by atoms with Crippen molar-refractivity contribution in [1.82, 2.24) is 0 Å². The fourth-order valence-corrected chi connectivity index (χ4v) is 1.46. The van der Waals surface area contributed by atoms with E-state index in [4.69, 9.17) is 15.3 Å². The summed E-state index contributed by atoms with van der Waals surface area (Å²) in [5.74, 6) is -3.64. The van der Waals surface area contributed by atoms with Crippen LogP contribution >= 0.6 is 22.6 Å². The van der Waals surface area contributed by atoms with Crippen LogP contribution in [0, 0.1) is 0 Å². The van der Waals surface area contributed by atoms with Crippen LogP contribution in [0.3, 0.4) is 0 Å². The maximum atomic E-state index is 11.7. The lowest BCUT2D eigenvalue weighted by molar-refractivity contribution is -0.177. The first-order valence-electron chi connectivity index (χ1n) is 5.04. The topological polar surface area (TPSA) is 140 Å². The molecule has 3 atom stereocenters. The zero-order chi connectivity index (χ0) is 14.6. The van der Waals surface area contributed by atoms with Crippen LogP contribution in [0.4, 0.5) is 0 Å². The van der Waals surface area contributed by atoms with Gasteiger partial charge in [0.05, 0.1) is 13.2 Å². The quantitative estimate of drug-likeness (QED) is 0.206. The van der Waals surface area contributed by atoms with Gasteiger partial charge in [0.2, 0.25) is 12.2 Å². The zero-order valence-corrected chi connectivity index (χ0v) is 11.6. The van der Waals surface area contributed by atoms with Gasteiger partial charge in [0.1, 0.15) is 6.61 Å². The van der Waals surface area contributed by atoms with E-state index < -0.39 is 53.5 Å². The Kier molecular flexibility index (Phi) is 5.46. The van der Waals surface area contributed by atoms with Gasteiger partial charge in [0, 0.05) is 0 Å². The smallest absolute Gasteiger partial charge is 0.364 e. The molecule has 0 radical (unpaired) electrons. The predicted molar refractivity (Wildman–Crippen MR) is 63.9 cm³/mol. The molecule has 0 aromatic rings. The molecule has 108 valence electrons. The largest absolute Gasteiger partial charge is 0.445 e. The number of cyclic esters (lactones) is 3. The van der Waals surface area contributed by atoms with Gasteiger partial charge < -0.3 is 29.5 Å². The van der Waals surface area contributed by atoms with Crippen molar-refractivity contribution >= 4 is 40.5 Å². The van der Waals surface area contributed by atoms with Crippen molar-refractivity contribution in [2.75, 3.05) is 19.8 Å². The Bertz CT molecular complexity index is 382. The molecule has 0 aromatic carbocycles. The molecule has 9 nitrogen and oxygen atoms in total. The summed E-state index contributed by atoms with van der Waals surface area (Å²) in [6, 6.07) is 0. The van der Waals surface area contributed by atoms with E-state index in [1.54, 1.807) is 0 Å². The van der Waals surface area contributed by atoms with Gasteiger partial charge in [-0.3, -0.25) is 0 Å². The van der Waals surface area contributed by atoms with Gasteiger partial charge in [-0.25, -0.2) is 14.4 Å². The Labute approximate surface area is 120 Å². The Morgan fingerprint density at radius 3 is 2.00 bits per heavy atom. The second-order valence-electron chi connectivity index (χ2n) is 3.49. The predicted octanol–water partition coefficient (Wildman–Crippen LogP) is -2.52. The normalized spacial score (nSPS) is 32.5. The molecule has 3 N–H and O–H groups in total. The van der Waals surface area contributed by atoms with E-state index in [0.29, 0.717) is 0 Å². The van der Waals surface area contributed by atoms with Gasteiger partial charge in [-0.1, -0.05) is 0 Å². The molecule has 0 spiro atoms. The summed E-state index contributed by atoms with van der Waals surface area (Å²) in [6.07, 6.45) is -3.34. The number of rotatable bonds is 3. The monoisotopic (exact) mass is 390 g/mol. The number of ether oxygens (including phenoxy) is 3. The van der Waals surface area contributed by atoms with Crippen molar-refractivity contribution < 1.29 is 43.9 Å². The van der Waals surface area contributed by atoms with Crippen molar-refractivity contribution in [1.29, 1.82) is 0 Å². The summed E-state index contributed by atoms with van der Waals surface area (Å²) >= 11 is 1.32. The summed E-state index contributed by atoms with van der Waals surface area (Å²) in [4.78, 5) is 34.7. The first-order chi connectivity index (χ1) is 8.87. The minimum atomic E-state index is -2.08. The fourth-order valence-electron chi connectivity index (χ4n) is 1.12. The van der Waals surface area contributed by atoms with E-state index in [9.17, 15) is 14.4 Å². The Balaban J connectivity index is 3.10. The molecule has 0 aromatic heterocycles. The molecule has 0 aliphatic carbocycles. The van der Waals surface area contributed by atoms with E-state index in [1.807, 2.05) is 0 Å². The zero-order valence-electron chi connectivity index (χ0n) is 9.45. The average Bonchev–Trinajstić information content (AvgIpc) is 2.42. The Morgan fingerprint density at radius 1 is 1.00 bits per heavy atom. The number of carbonyl (C=O) groups is 3. The highest BCUT2D eigenvalue weighted by Gasteiger charge is 2.47. The first kappa shape index (κ1) is 16.1. The van der Waals surface area contributed by atoms with Crippen LogP contribution < -0.4 is 0 Å². The van der Waals surface area contributed by atoms with Gasteiger partial charge in [-0.05, 0) is 22.6 Å². The van der Waals surface area contributed by atoms with Crippen molar-refractivity contribution in [2.24, 2.45) is 0 Å². The molecule has 0 saturated carbocycles. The van der Waals surface area contributed by atoms with E-state index >= 15 is 0 Å². The molecule has 0 amide bonds. The van der Waals surface area contributed by atoms with Crippen LogP contribution in [0.5, 0.6) is 0 Å². The third-order valence-electron chi connectivity index (χ3n) is 2.14. The number of halogens is 1. The molecule has 1 heterocycles. The van der Waals surface area contributed by atoms with Crippen molar-refractivity contribution in [2.45, 2.75) is 15.8 Å². The lowest BCUT2D eigenvalue weighted by atomic mass is 10.3. The van der Waals surface area contributed by atoms with Gasteiger partial charge in [0.15, 0.2) is 0 Å². The summed E-state index contributed by atoms with van der Waals surface area (Å²) < 4.78 is 11.7. The molecule has 3 unspecified atom stereocenters. The van der Waals surface area contributed by atoms with Gasteiger partial charge in [-0.15, -0.1) is 0 Å². The summed E-state index contributed by atoms with van der Waals surface area (Å²) in [6.45, 7) is -2.67. The number of aliphatic hydroxyl groups is 3. The van der Waals surface area contributed by atoms with Crippen LogP contribution in [0.2, 0.25) is 0 Å². The molecular weight excluding hydrogens is 379 g/mol. The third kappa shape index (κ3) is 3.52. The number of esters is 3. The highest BCUT2D eigenvalue weighted by molar-refractivity contribution is 14.1. The van der Waals surface area contributed by atoms with E-state index in [1.165, 1.54) is 22.6 Å². The van der Waals surface area contributed by atoms with E-state index in [-0.39, 0.29) is 0 Å². The maximum Gasteiger partial charge on any atom is 0.364 e. The van der Waals surface area contributed by atoms with Crippen LogP contribution in [0.15, 0.2) is 0 Å². The minimum Gasteiger partial charge on any atom is -0.445 e. The second kappa shape index (κ2) is 6.45. The average molecular weight is 390 g/mol. The van der Waals surface area contributed by atoms with Gasteiger partial charge in [0.25, 0.3) is 3.61 Å². The molecule has 1 rings (SSSR count). The Hall–Kier alpha value is -0.980. The molecule has 0 bridgehead atoms. The van der Waals surface area contributed by atoms with Crippen molar-refractivity contribution in [3.63, 3.8) is 0 Å². The number of hydrogen-bond acceptors (Lipinski definition) is 9. The fraction of sp³-hybridized carbons (Fsp3) is 0.667. The lowest BCUT2D eigenvalue weighted by Gasteiger charge is -2.23. The Morgan fingerprint density at radius 2 is 1.53 bits per heavy atom. The standard InChI is InChI=1S/C9H11IO9/c10-9(3-13)8(16)18-4(1-11)6(14)17-5(2-12)7(15)19-9/h4-5,11-13H,1-3H2. The molecular formula is C9H11IO9. The van der Waals surface area contributed by atoms with E-state index in [0.717, 1.165) is 0 Å². The highest BCUT2D eigenvalue weighted by Crippen LogP contribution is 2.25. The maximum absolute atomic E-state index is 11.7. The highest BCUT2D eigenvalue weighted by atomic mass is 127. The second-order valence-corrected chi connectivity index (χ2v) is 5.23. The molecule has 1 aliphatic heterocycles. The summed E-state index contributed by atoms with van der Waals surface area (Å²) in [5.41, 5.74) is 0. The van der Waals surface area contributed by atoms with Crippen LogP contribution in [0.25, 0.3) is 0 Å². The third-order valence-corrected chi connectivity index (χ3v) is 3.14. The number of hydrogen-bond donors (Lipinski definition) is 3. The first-order valence-corrected chi connectivity index (χ1v) is 6.11. The van der Waals surface area contributed by atoms with Crippen molar-refractivity contribution in [3.8, 4) is 0 Å². The molecule has 10 heteroatoms. The molecule has 1 aliphatic rings. The van der Waals surface area contributed by atoms with Crippen molar-refractivity contribution in [3.05, 3.63) is 0 Å². The summed E-state index contributed by atoms with van der Waals surface area (Å²) in [5, 5.41) is 26.9. The van der Waals surface area contributed by atoms with Crippen LogP contribution in [-0.2, 0) is 28.6 Å². The molecule has 19 heavy (non-hydrogen) atoms. The summed E-state index contributed by atoms with van der Waals surface area (Å²) in [7, 11) is 0. The van der Waals surface area contributed by atoms with Gasteiger partial charge in [-0.2, -0.15) is 0 Å². The molecule has 1 saturated heterocycles. The SMILES string of the molecule is O=C1OC(I)(CO)C(=O)OC(CO)C(=O)OC1CO. The number of carbonyl (C=O) groups excluding carboxylic acids is 3. The minimum absolute atomic E-state index is 0.880. The van der Waals surface area contributed by atoms with E-state index in [2.05, 4.69) is 14.2 Å². The number of alkyl halides is 1.